The lowest BCUT2D eigenvalue weighted by Crippen LogP contribution is -2.26. The summed E-state index contributed by atoms with van der Waals surface area (Å²) < 4.78 is 16.6. The molecule has 0 amide bonds. The van der Waals surface area contributed by atoms with Crippen LogP contribution < -0.4 is 5.73 Å². The van der Waals surface area contributed by atoms with E-state index in [9.17, 15) is 0 Å². The minimum Gasteiger partial charge on any atom is -0.460 e. The van der Waals surface area contributed by atoms with Gasteiger partial charge in [0.2, 0.25) is 0 Å². The van der Waals surface area contributed by atoms with Gasteiger partial charge in [0.25, 0.3) is 5.95 Å². The molecule has 0 heterocycles. The Morgan fingerprint density at radius 2 is 1.78 bits per heavy atom. The van der Waals surface area contributed by atoms with Crippen molar-refractivity contribution < 1.29 is 14.2 Å². The molecule has 0 radical (unpaired) electrons. The maximum absolute atomic E-state index is 5.73. The Morgan fingerprint density at radius 3 is 2.11 bits per heavy atom. The van der Waals surface area contributed by atoms with Gasteiger partial charge < -0.3 is 14.2 Å². The first-order valence-corrected chi connectivity index (χ1v) is 6.50. The summed E-state index contributed by atoms with van der Waals surface area (Å²) in [5.74, 6) is 0.914. The smallest absolute Gasteiger partial charge is 0.277 e. The van der Waals surface area contributed by atoms with Gasteiger partial charge in [-0.25, -0.2) is 0 Å². The topological polar surface area (TPSA) is 53.7 Å². The van der Waals surface area contributed by atoms with Gasteiger partial charge in [0, 0.05) is 7.11 Å². The average Bonchev–Trinajstić information content (AvgIpc) is 2.14. The number of nitrogens with two attached hydrogens (primary N) is 1. The SMILES string of the molecule is COC(C/C=C(\OC(C)N)OC(C)(C)C)C(C)C. The Balaban J connectivity index is 4.63. The third kappa shape index (κ3) is 8.37. The highest BCUT2D eigenvalue weighted by molar-refractivity contribution is 4.89. The Labute approximate surface area is 111 Å². The van der Waals surface area contributed by atoms with Crippen LogP contribution in [0.2, 0.25) is 0 Å². The fourth-order valence-corrected chi connectivity index (χ4v) is 1.45. The Bertz CT molecular complexity index is 254. The van der Waals surface area contributed by atoms with E-state index in [1.165, 1.54) is 0 Å². The van der Waals surface area contributed by atoms with Crippen LogP contribution in [0.3, 0.4) is 0 Å². The van der Waals surface area contributed by atoms with E-state index in [0.29, 0.717) is 11.9 Å². The molecule has 2 atom stereocenters. The largest absolute Gasteiger partial charge is 0.460 e. The van der Waals surface area contributed by atoms with Crippen molar-refractivity contribution in [3.05, 3.63) is 12.0 Å². The molecule has 0 aromatic carbocycles. The van der Waals surface area contributed by atoms with E-state index in [4.69, 9.17) is 19.9 Å². The van der Waals surface area contributed by atoms with Gasteiger partial charge in [-0.15, -0.1) is 0 Å². The van der Waals surface area contributed by atoms with Gasteiger partial charge in [-0.2, -0.15) is 0 Å². The molecule has 108 valence electrons. The third-order valence-electron chi connectivity index (χ3n) is 2.27. The van der Waals surface area contributed by atoms with E-state index in [1.807, 2.05) is 26.8 Å². The minimum absolute atomic E-state index is 0.153. The Morgan fingerprint density at radius 1 is 1.22 bits per heavy atom. The van der Waals surface area contributed by atoms with Crippen LogP contribution in [0.5, 0.6) is 0 Å². The summed E-state index contributed by atoms with van der Waals surface area (Å²) in [5.41, 5.74) is 5.33. The molecular weight excluding hydrogens is 230 g/mol. The summed E-state index contributed by atoms with van der Waals surface area (Å²) in [6.07, 6.45) is 2.41. The average molecular weight is 259 g/mol. The monoisotopic (exact) mass is 259 g/mol. The molecule has 0 fully saturated rings. The van der Waals surface area contributed by atoms with E-state index in [-0.39, 0.29) is 11.7 Å². The first-order chi connectivity index (χ1) is 8.15. The van der Waals surface area contributed by atoms with Crippen LogP contribution in [-0.2, 0) is 14.2 Å². The summed E-state index contributed by atoms with van der Waals surface area (Å²) in [6.45, 7) is 11.9. The molecule has 0 aliphatic carbocycles. The van der Waals surface area contributed by atoms with Crippen LogP contribution in [0.1, 0.15) is 48.0 Å². The molecule has 0 aromatic heterocycles. The molecule has 0 aromatic rings. The lowest BCUT2D eigenvalue weighted by molar-refractivity contribution is -0.0647. The molecule has 4 heteroatoms. The van der Waals surface area contributed by atoms with Gasteiger partial charge in [-0.3, -0.25) is 5.73 Å². The van der Waals surface area contributed by atoms with Crippen LogP contribution >= 0.6 is 0 Å². The van der Waals surface area contributed by atoms with Gasteiger partial charge in [-0.1, -0.05) is 13.8 Å². The summed E-state index contributed by atoms with van der Waals surface area (Å²) in [7, 11) is 1.72. The lowest BCUT2D eigenvalue weighted by atomic mass is 10.0. The summed E-state index contributed by atoms with van der Waals surface area (Å²) >= 11 is 0. The highest BCUT2D eigenvalue weighted by Gasteiger charge is 2.17. The Hall–Kier alpha value is -0.740. The molecule has 0 spiro atoms. The first kappa shape index (κ1) is 17.3. The van der Waals surface area contributed by atoms with E-state index in [1.54, 1.807) is 14.0 Å². The third-order valence-corrected chi connectivity index (χ3v) is 2.27. The molecule has 4 nitrogen and oxygen atoms in total. The van der Waals surface area contributed by atoms with Crippen molar-refractivity contribution in [3.8, 4) is 0 Å². The van der Waals surface area contributed by atoms with Gasteiger partial charge >= 0.3 is 0 Å². The number of rotatable bonds is 7. The zero-order chi connectivity index (χ0) is 14.3. The summed E-state index contributed by atoms with van der Waals surface area (Å²) in [6, 6.07) is 0. The van der Waals surface area contributed by atoms with Crippen molar-refractivity contribution in [2.24, 2.45) is 11.7 Å². The fraction of sp³-hybridized carbons (Fsp3) is 0.857. The Kier molecular flexibility index (Phi) is 7.33. The summed E-state index contributed by atoms with van der Waals surface area (Å²) in [5, 5.41) is 0. The van der Waals surface area contributed by atoms with E-state index in [0.717, 1.165) is 6.42 Å². The van der Waals surface area contributed by atoms with Crippen molar-refractivity contribution in [3.63, 3.8) is 0 Å². The molecule has 0 bridgehead atoms. The number of methoxy groups -OCH3 is 1. The standard InChI is InChI=1S/C14H29NO3/c1-10(2)12(16-7)8-9-13(17-11(3)15)18-14(4,5)6/h9-12H,8,15H2,1-7H3/b13-9+. The molecular formula is C14H29NO3. The van der Waals surface area contributed by atoms with Crippen LogP contribution in [0.15, 0.2) is 12.0 Å². The van der Waals surface area contributed by atoms with Crippen molar-refractivity contribution in [2.45, 2.75) is 65.9 Å². The highest BCUT2D eigenvalue weighted by atomic mass is 16.7. The van der Waals surface area contributed by atoms with Crippen molar-refractivity contribution >= 4 is 0 Å². The van der Waals surface area contributed by atoms with Gasteiger partial charge in [0.05, 0.1) is 6.10 Å². The molecule has 2 unspecified atom stereocenters. The van der Waals surface area contributed by atoms with Crippen molar-refractivity contribution in [1.82, 2.24) is 0 Å². The minimum atomic E-state index is -0.390. The molecule has 0 saturated carbocycles. The molecule has 0 aliphatic rings. The molecule has 0 saturated heterocycles. The fourth-order valence-electron chi connectivity index (χ4n) is 1.45. The number of hydrogen-bond donors (Lipinski definition) is 1. The van der Waals surface area contributed by atoms with Gasteiger partial charge in [0.1, 0.15) is 11.8 Å². The number of ether oxygens (including phenoxy) is 3. The van der Waals surface area contributed by atoms with Gasteiger partial charge in [0.15, 0.2) is 0 Å². The normalized spacial score (nSPS) is 16.6. The quantitative estimate of drug-likeness (QED) is 0.564. The van der Waals surface area contributed by atoms with Crippen LogP contribution in [0.25, 0.3) is 0 Å². The van der Waals surface area contributed by atoms with Gasteiger partial charge in [-0.05, 0) is 46.1 Å². The van der Waals surface area contributed by atoms with Crippen LogP contribution in [0.4, 0.5) is 0 Å². The predicted octanol–water partition coefficient (Wildman–Crippen LogP) is 3.03. The molecule has 18 heavy (non-hydrogen) atoms. The molecule has 0 rings (SSSR count). The first-order valence-electron chi connectivity index (χ1n) is 6.50. The predicted molar refractivity (Wildman–Crippen MR) is 73.9 cm³/mol. The van der Waals surface area contributed by atoms with Crippen LogP contribution in [0, 0.1) is 5.92 Å². The molecule has 0 aliphatic heterocycles. The van der Waals surface area contributed by atoms with E-state index >= 15 is 0 Å². The second-order valence-corrected chi connectivity index (χ2v) is 5.81. The zero-order valence-electron chi connectivity index (χ0n) is 12.8. The highest BCUT2D eigenvalue weighted by Crippen LogP contribution is 2.18. The lowest BCUT2D eigenvalue weighted by Gasteiger charge is -2.25. The second kappa shape index (κ2) is 7.64. The maximum Gasteiger partial charge on any atom is 0.277 e. The molecule has 2 N–H and O–H groups in total. The summed E-state index contributed by atoms with van der Waals surface area (Å²) in [4.78, 5) is 0. The van der Waals surface area contributed by atoms with E-state index < -0.39 is 6.23 Å². The van der Waals surface area contributed by atoms with Crippen molar-refractivity contribution in [2.75, 3.05) is 7.11 Å². The van der Waals surface area contributed by atoms with Crippen molar-refractivity contribution in [1.29, 1.82) is 0 Å². The maximum atomic E-state index is 5.73. The number of hydrogen-bond acceptors (Lipinski definition) is 4. The second-order valence-electron chi connectivity index (χ2n) is 5.81. The van der Waals surface area contributed by atoms with E-state index in [2.05, 4.69) is 13.8 Å². The zero-order valence-corrected chi connectivity index (χ0v) is 12.8. The van der Waals surface area contributed by atoms with Crippen LogP contribution in [-0.4, -0.2) is 25.0 Å².